The fraction of sp³-hybridized carbons (Fsp3) is 0.222. The van der Waals surface area contributed by atoms with Crippen LogP contribution in [0.5, 0.6) is 0 Å². The van der Waals surface area contributed by atoms with Gasteiger partial charge < -0.3 is 4.74 Å². The van der Waals surface area contributed by atoms with E-state index in [1.165, 1.54) is 0 Å². The number of carbonyl (C=O) groups excluding carboxylic acids is 1. The third-order valence-corrected chi connectivity index (χ3v) is 2.04. The first kappa shape index (κ1) is 12.9. The minimum Gasteiger partial charge on any atom is -0.456 e. The minimum absolute atomic E-state index is 0.263. The fourth-order valence-corrected chi connectivity index (χ4v) is 1.11. The molecule has 0 aliphatic rings. The van der Waals surface area contributed by atoms with Crippen LogP contribution in [0.1, 0.15) is 5.56 Å². The van der Waals surface area contributed by atoms with Crippen molar-refractivity contribution >= 4 is 18.0 Å². The van der Waals surface area contributed by atoms with Gasteiger partial charge >= 0.3 is 11.2 Å². The Balaban J connectivity index is 2.47. The maximum atomic E-state index is 12.7. The predicted molar refractivity (Wildman–Crippen MR) is 52.5 cm³/mol. The van der Waals surface area contributed by atoms with E-state index in [1.54, 1.807) is 30.3 Å². The molecule has 4 nitrogen and oxygen atoms in total. The van der Waals surface area contributed by atoms with Crippen LogP contribution in [0.3, 0.4) is 0 Å². The highest BCUT2D eigenvalue weighted by Gasteiger charge is 2.43. The molecule has 0 atom stereocenters. The summed E-state index contributed by atoms with van der Waals surface area (Å²) in [5.74, 6) is -1.77. The monoisotopic (exact) mass is 250 g/mol. The van der Waals surface area contributed by atoms with E-state index < -0.39 is 23.3 Å². The van der Waals surface area contributed by atoms with Crippen molar-refractivity contribution in [2.75, 3.05) is 0 Å². The first-order chi connectivity index (χ1) is 7.56. The van der Waals surface area contributed by atoms with E-state index in [2.05, 4.69) is 9.07 Å². The van der Waals surface area contributed by atoms with Gasteiger partial charge in [-0.3, -0.25) is 0 Å². The molecule has 0 aromatic heterocycles. The van der Waals surface area contributed by atoms with Gasteiger partial charge in [0.15, 0.2) is 0 Å². The maximum absolute atomic E-state index is 12.7. The first-order valence-corrected chi connectivity index (χ1v) is 4.88. The zero-order valence-corrected chi connectivity index (χ0v) is 8.75. The summed E-state index contributed by atoms with van der Waals surface area (Å²) in [4.78, 5) is 10.8. The molecule has 0 fully saturated rings. The molecule has 7 heteroatoms. The molecule has 1 aromatic rings. The van der Waals surface area contributed by atoms with E-state index in [-0.39, 0.29) is 6.61 Å². The number of carbonyl (C=O) groups is 1. The smallest absolute Gasteiger partial charge is 0.415 e. The lowest BCUT2D eigenvalue weighted by molar-refractivity contribution is -0.166. The van der Waals surface area contributed by atoms with Gasteiger partial charge in [-0.05, 0) is 5.56 Å². The SMILES string of the molecule is O=C(OCc1ccccc1)C(F)(F)SOO. The molecule has 0 heterocycles. The summed E-state index contributed by atoms with van der Waals surface area (Å²) in [5.41, 5.74) is 0.585. The summed E-state index contributed by atoms with van der Waals surface area (Å²) in [6.07, 6.45) is 0. The van der Waals surface area contributed by atoms with Gasteiger partial charge in [0.05, 0.1) is 0 Å². The van der Waals surface area contributed by atoms with Crippen molar-refractivity contribution < 1.29 is 27.9 Å². The summed E-state index contributed by atoms with van der Waals surface area (Å²) in [5, 5.41) is 3.88. The standard InChI is InChI=1S/C9H8F2O4S/c10-9(11,16-15-13)8(12)14-6-7-4-2-1-3-5-7/h1-5,13H,6H2. The van der Waals surface area contributed by atoms with Gasteiger partial charge in [-0.15, -0.1) is 0 Å². The van der Waals surface area contributed by atoms with Crippen molar-refractivity contribution in [2.45, 2.75) is 11.9 Å². The number of halogens is 2. The molecule has 1 N–H and O–H groups in total. The molecule has 0 unspecified atom stereocenters. The molecule has 0 aliphatic carbocycles. The van der Waals surface area contributed by atoms with Gasteiger partial charge in [-0.1, -0.05) is 30.3 Å². The quantitative estimate of drug-likeness (QED) is 0.376. The fourth-order valence-electron chi connectivity index (χ4n) is 0.888. The number of hydrogen-bond donors (Lipinski definition) is 1. The predicted octanol–water partition coefficient (Wildman–Crippen LogP) is 2.46. The molecule has 88 valence electrons. The third kappa shape index (κ3) is 3.76. The molecular weight excluding hydrogens is 242 g/mol. The van der Waals surface area contributed by atoms with Gasteiger partial charge in [0.2, 0.25) is 0 Å². The van der Waals surface area contributed by atoms with Crippen molar-refractivity contribution in [1.82, 2.24) is 0 Å². The second-order valence-corrected chi connectivity index (χ2v) is 3.56. The molecule has 0 bridgehead atoms. The van der Waals surface area contributed by atoms with Crippen LogP contribution in [0.25, 0.3) is 0 Å². The molecule has 0 aliphatic heterocycles. The Kier molecular flexibility index (Phi) is 4.66. The highest BCUT2D eigenvalue weighted by Crippen LogP contribution is 2.30. The second-order valence-electron chi connectivity index (χ2n) is 2.74. The molecule has 1 rings (SSSR count). The van der Waals surface area contributed by atoms with E-state index in [1.807, 2.05) is 0 Å². The van der Waals surface area contributed by atoms with Crippen LogP contribution < -0.4 is 0 Å². The largest absolute Gasteiger partial charge is 0.456 e. The number of esters is 1. The molecule has 0 saturated carbocycles. The van der Waals surface area contributed by atoms with Gasteiger partial charge in [0, 0.05) is 0 Å². The summed E-state index contributed by atoms with van der Waals surface area (Å²) in [6, 6.07) is 8.37. The molecule has 0 amide bonds. The normalized spacial score (nSPS) is 11.2. The van der Waals surface area contributed by atoms with Crippen LogP contribution in [0.2, 0.25) is 0 Å². The highest BCUT2D eigenvalue weighted by atomic mass is 32.2. The molecule has 0 spiro atoms. The Morgan fingerprint density at radius 3 is 2.56 bits per heavy atom. The lowest BCUT2D eigenvalue weighted by Gasteiger charge is -2.11. The van der Waals surface area contributed by atoms with E-state index in [0.29, 0.717) is 5.56 Å². The first-order valence-electron chi connectivity index (χ1n) is 4.14. The average molecular weight is 250 g/mol. The summed E-state index contributed by atoms with van der Waals surface area (Å²) >= 11 is -0.676. The Morgan fingerprint density at radius 1 is 1.38 bits per heavy atom. The van der Waals surface area contributed by atoms with Crippen molar-refractivity contribution in [3.05, 3.63) is 35.9 Å². The van der Waals surface area contributed by atoms with E-state index in [9.17, 15) is 13.6 Å². The van der Waals surface area contributed by atoms with Gasteiger partial charge in [-0.25, -0.2) is 10.1 Å². The van der Waals surface area contributed by atoms with Crippen LogP contribution in [0.4, 0.5) is 8.78 Å². The van der Waals surface area contributed by atoms with Crippen molar-refractivity contribution in [1.29, 1.82) is 0 Å². The van der Waals surface area contributed by atoms with E-state index in [4.69, 9.17) is 5.26 Å². The Hall–Kier alpha value is -1.18. The summed E-state index contributed by atoms with van der Waals surface area (Å²) in [7, 11) is 0. The van der Waals surface area contributed by atoms with Crippen LogP contribution in [0, 0.1) is 0 Å². The van der Waals surface area contributed by atoms with Crippen LogP contribution in [-0.2, 0) is 20.5 Å². The molecule has 1 aromatic carbocycles. The zero-order valence-electron chi connectivity index (χ0n) is 7.93. The van der Waals surface area contributed by atoms with Crippen molar-refractivity contribution in [3.8, 4) is 0 Å². The van der Waals surface area contributed by atoms with Crippen LogP contribution in [0.15, 0.2) is 30.3 Å². The number of hydrogen-bond acceptors (Lipinski definition) is 5. The molecular formula is C9H8F2O4S. The lowest BCUT2D eigenvalue weighted by Crippen LogP contribution is -2.27. The maximum Gasteiger partial charge on any atom is 0.415 e. The Labute approximate surface area is 94.3 Å². The molecule has 0 saturated heterocycles. The minimum atomic E-state index is -3.93. The van der Waals surface area contributed by atoms with Gasteiger partial charge in [-0.2, -0.15) is 13.1 Å². The highest BCUT2D eigenvalue weighted by molar-refractivity contribution is 7.96. The number of rotatable bonds is 5. The van der Waals surface area contributed by atoms with Crippen molar-refractivity contribution in [2.24, 2.45) is 0 Å². The van der Waals surface area contributed by atoms with Crippen LogP contribution in [-0.4, -0.2) is 16.5 Å². The summed E-state index contributed by atoms with van der Waals surface area (Å²) < 4.78 is 32.9. The van der Waals surface area contributed by atoms with Gasteiger partial charge in [0.25, 0.3) is 0 Å². The topological polar surface area (TPSA) is 55.8 Å². The Morgan fingerprint density at radius 2 is 2.00 bits per heavy atom. The van der Waals surface area contributed by atoms with Crippen LogP contribution >= 0.6 is 12.0 Å². The summed E-state index contributed by atoms with van der Waals surface area (Å²) in [6.45, 7) is -0.263. The third-order valence-electron chi connectivity index (χ3n) is 1.59. The number of ether oxygens (including phenoxy) is 1. The molecule has 0 radical (unpaired) electrons. The number of alkyl halides is 2. The van der Waals surface area contributed by atoms with Crippen molar-refractivity contribution in [3.63, 3.8) is 0 Å². The second kappa shape index (κ2) is 5.78. The van der Waals surface area contributed by atoms with Gasteiger partial charge in [0.1, 0.15) is 18.6 Å². The zero-order chi connectivity index (χ0) is 12.0. The van der Waals surface area contributed by atoms with E-state index >= 15 is 0 Å². The lowest BCUT2D eigenvalue weighted by atomic mass is 10.2. The average Bonchev–Trinajstić information content (AvgIpc) is 2.27. The van der Waals surface area contributed by atoms with E-state index in [0.717, 1.165) is 0 Å². The molecule has 16 heavy (non-hydrogen) atoms. The Bertz CT molecular complexity index is 345. The number of benzene rings is 1.